The fraction of sp³-hybridized carbons (Fsp3) is 0.125. The third kappa shape index (κ3) is 3.22. The van der Waals surface area contributed by atoms with E-state index in [1.807, 2.05) is 5.43 Å². The number of amides is 1. The highest BCUT2D eigenvalue weighted by Crippen LogP contribution is 2.13. The first-order valence-corrected chi connectivity index (χ1v) is 4.06. The van der Waals surface area contributed by atoms with E-state index >= 15 is 0 Å². The predicted molar refractivity (Wildman–Crippen MR) is 51.3 cm³/mol. The lowest BCUT2D eigenvalue weighted by atomic mass is 10.5. The van der Waals surface area contributed by atoms with E-state index in [2.05, 4.69) is 5.10 Å². The molecule has 0 spiro atoms. The Balaban J connectivity index is 2.53. The highest BCUT2D eigenvalue weighted by atomic mass is 16.6. The predicted octanol–water partition coefficient (Wildman–Crippen LogP) is 0.552. The van der Waals surface area contributed by atoms with Crippen LogP contribution in [0.1, 0.15) is 12.2 Å². The zero-order chi connectivity index (χ0) is 12.0. The van der Waals surface area contributed by atoms with E-state index in [0.717, 1.165) is 6.21 Å². The van der Waals surface area contributed by atoms with Crippen molar-refractivity contribution in [3.63, 3.8) is 0 Å². The number of nitro groups is 1. The third-order valence-electron chi connectivity index (χ3n) is 1.41. The van der Waals surface area contributed by atoms with Gasteiger partial charge in [0.2, 0.25) is 0 Å². The summed E-state index contributed by atoms with van der Waals surface area (Å²) in [6, 6.07) is 4.13. The molecule has 0 saturated carbocycles. The summed E-state index contributed by atoms with van der Waals surface area (Å²) < 4.78 is 4.72. The van der Waals surface area contributed by atoms with Crippen LogP contribution in [0.2, 0.25) is 0 Å². The monoisotopic (exact) mass is 222 g/mol. The van der Waals surface area contributed by atoms with Gasteiger partial charge in [0.05, 0.1) is 18.4 Å². The molecular weight excluding hydrogens is 216 g/mol. The molecule has 0 bridgehead atoms. The van der Waals surface area contributed by atoms with Crippen LogP contribution in [0.5, 0.6) is 0 Å². The molecular formula is C8H6N4O4. The zero-order valence-electron chi connectivity index (χ0n) is 7.91. The zero-order valence-corrected chi connectivity index (χ0v) is 7.91. The van der Waals surface area contributed by atoms with Crippen molar-refractivity contribution in [2.24, 2.45) is 5.10 Å². The van der Waals surface area contributed by atoms with Crippen LogP contribution in [0, 0.1) is 21.4 Å². The van der Waals surface area contributed by atoms with Crippen LogP contribution in [0.3, 0.4) is 0 Å². The number of rotatable bonds is 4. The maximum Gasteiger partial charge on any atom is 0.433 e. The molecule has 0 aliphatic carbocycles. The Labute approximate surface area is 89.3 Å². The number of nitrogens with zero attached hydrogens (tertiary/aromatic N) is 3. The molecule has 1 aromatic rings. The third-order valence-corrected chi connectivity index (χ3v) is 1.41. The molecule has 0 aliphatic heterocycles. The van der Waals surface area contributed by atoms with Gasteiger partial charge >= 0.3 is 5.88 Å². The van der Waals surface area contributed by atoms with E-state index in [0.29, 0.717) is 0 Å². The molecule has 0 unspecified atom stereocenters. The standard InChI is InChI=1S/C8H6N4O4/c9-4-3-7(13)11-10-5-6-1-2-8(16-6)12(14)15/h1-2,5H,3H2,(H,11,13)/b10-5+. The van der Waals surface area contributed by atoms with Crippen molar-refractivity contribution in [1.29, 1.82) is 5.26 Å². The Morgan fingerprint density at radius 1 is 1.75 bits per heavy atom. The first kappa shape index (κ1) is 11.4. The van der Waals surface area contributed by atoms with Crippen molar-refractivity contribution in [1.82, 2.24) is 5.43 Å². The lowest BCUT2D eigenvalue weighted by Gasteiger charge is -1.90. The van der Waals surface area contributed by atoms with Crippen LogP contribution in [0.4, 0.5) is 5.88 Å². The van der Waals surface area contributed by atoms with Gasteiger partial charge in [-0.05, 0) is 6.07 Å². The Hall–Kier alpha value is -2.69. The second kappa shape index (κ2) is 5.26. The minimum atomic E-state index is -0.689. The Kier molecular flexibility index (Phi) is 3.74. The average Bonchev–Trinajstić information content (AvgIpc) is 2.67. The molecule has 1 heterocycles. The summed E-state index contributed by atoms with van der Waals surface area (Å²) in [6.45, 7) is 0. The highest BCUT2D eigenvalue weighted by molar-refractivity contribution is 5.81. The van der Waals surface area contributed by atoms with Gasteiger partial charge in [-0.3, -0.25) is 14.9 Å². The van der Waals surface area contributed by atoms with Crippen molar-refractivity contribution in [2.45, 2.75) is 6.42 Å². The summed E-state index contributed by atoms with van der Waals surface area (Å²) in [5, 5.41) is 21.8. The van der Waals surface area contributed by atoms with E-state index in [-0.39, 0.29) is 12.2 Å². The summed E-state index contributed by atoms with van der Waals surface area (Å²) in [6.07, 6.45) is 0.790. The van der Waals surface area contributed by atoms with Crippen LogP contribution in [0.25, 0.3) is 0 Å². The van der Waals surface area contributed by atoms with Crippen molar-refractivity contribution >= 4 is 18.0 Å². The van der Waals surface area contributed by atoms with E-state index in [4.69, 9.17) is 9.68 Å². The van der Waals surface area contributed by atoms with Gasteiger partial charge < -0.3 is 4.42 Å². The second-order valence-electron chi connectivity index (χ2n) is 2.56. The van der Waals surface area contributed by atoms with E-state index in [9.17, 15) is 14.9 Å². The molecule has 16 heavy (non-hydrogen) atoms. The summed E-state index contributed by atoms with van der Waals surface area (Å²) >= 11 is 0. The van der Waals surface area contributed by atoms with Gasteiger partial charge in [-0.1, -0.05) is 0 Å². The first-order valence-electron chi connectivity index (χ1n) is 4.06. The lowest BCUT2D eigenvalue weighted by molar-refractivity contribution is -0.402. The van der Waals surface area contributed by atoms with E-state index < -0.39 is 16.7 Å². The van der Waals surface area contributed by atoms with Gasteiger partial charge in [-0.2, -0.15) is 10.4 Å². The molecule has 0 atom stereocenters. The second-order valence-corrected chi connectivity index (χ2v) is 2.56. The van der Waals surface area contributed by atoms with E-state index in [1.165, 1.54) is 12.1 Å². The molecule has 0 saturated heterocycles. The van der Waals surface area contributed by atoms with Crippen LogP contribution in [-0.2, 0) is 4.79 Å². The first-order chi connectivity index (χ1) is 7.63. The number of hydrogen-bond acceptors (Lipinski definition) is 6. The summed E-state index contributed by atoms with van der Waals surface area (Å²) in [7, 11) is 0. The summed E-state index contributed by atoms with van der Waals surface area (Å²) in [5.41, 5.74) is 2.05. The van der Waals surface area contributed by atoms with Gasteiger partial charge in [0.25, 0.3) is 5.91 Å². The number of hydrogen-bond donors (Lipinski definition) is 1. The molecule has 8 nitrogen and oxygen atoms in total. The summed E-state index contributed by atoms with van der Waals surface area (Å²) in [5.74, 6) is -0.853. The summed E-state index contributed by atoms with van der Waals surface area (Å²) in [4.78, 5) is 20.3. The number of carbonyl (C=O) groups excluding carboxylic acids is 1. The molecule has 8 heteroatoms. The van der Waals surface area contributed by atoms with E-state index in [1.54, 1.807) is 6.07 Å². The smallest absolute Gasteiger partial charge is 0.400 e. The van der Waals surface area contributed by atoms with Gasteiger partial charge in [0, 0.05) is 0 Å². The van der Waals surface area contributed by atoms with Gasteiger partial charge in [0.15, 0.2) is 5.76 Å². The minimum Gasteiger partial charge on any atom is -0.400 e. The van der Waals surface area contributed by atoms with Gasteiger partial charge in [-0.25, -0.2) is 5.43 Å². The van der Waals surface area contributed by atoms with Crippen LogP contribution in [0.15, 0.2) is 21.7 Å². The molecule has 0 radical (unpaired) electrons. The largest absolute Gasteiger partial charge is 0.433 e. The number of nitriles is 1. The molecule has 1 amide bonds. The molecule has 1 rings (SSSR count). The quantitative estimate of drug-likeness (QED) is 0.452. The molecule has 1 aromatic heterocycles. The number of furan rings is 1. The molecule has 82 valence electrons. The molecule has 0 fully saturated rings. The van der Waals surface area contributed by atoms with Crippen molar-refractivity contribution in [2.75, 3.05) is 0 Å². The number of hydrazone groups is 1. The minimum absolute atomic E-state index is 0.129. The Morgan fingerprint density at radius 3 is 3.06 bits per heavy atom. The molecule has 0 aromatic carbocycles. The van der Waals surface area contributed by atoms with Gasteiger partial charge in [0.1, 0.15) is 11.3 Å². The maximum atomic E-state index is 10.8. The van der Waals surface area contributed by atoms with Crippen molar-refractivity contribution in [3.8, 4) is 6.07 Å². The van der Waals surface area contributed by atoms with Crippen LogP contribution in [-0.4, -0.2) is 17.0 Å². The van der Waals surface area contributed by atoms with Crippen molar-refractivity contribution < 1.29 is 14.1 Å². The molecule has 1 N–H and O–H groups in total. The average molecular weight is 222 g/mol. The topological polar surface area (TPSA) is 122 Å². The fourth-order valence-corrected chi connectivity index (χ4v) is 0.789. The normalized spacial score (nSPS) is 9.94. The lowest BCUT2D eigenvalue weighted by Crippen LogP contribution is -2.15. The van der Waals surface area contributed by atoms with Crippen LogP contribution < -0.4 is 5.43 Å². The SMILES string of the molecule is N#CCC(=O)N/N=C/c1ccc([N+](=O)[O-])o1. The fourth-order valence-electron chi connectivity index (χ4n) is 0.789. The molecule has 0 aliphatic rings. The van der Waals surface area contributed by atoms with Crippen molar-refractivity contribution in [3.05, 3.63) is 28.0 Å². The van der Waals surface area contributed by atoms with Gasteiger partial charge in [-0.15, -0.1) is 0 Å². The highest BCUT2D eigenvalue weighted by Gasteiger charge is 2.10. The maximum absolute atomic E-state index is 10.8. The Bertz CT molecular complexity index is 471. The number of carbonyl (C=O) groups is 1. The van der Waals surface area contributed by atoms with Crippen LogP contribution >= 0.6 is 0 Å². The Morgan fingerprint density at radius 2 is 2.50 bits per heavy atom. The number of nitrogens with one attached hydrogen (secondary N) is 1.